The van der Waals surface area contributed by atoms with Crippen LogP contribution >= 0.6 is 27.7 Å². The summed E-state index contributed by atoms with van der Waals surface area (Å²) in [6.45, 7) is 6.75. The van der Waals surface area contributed by atoms with Crippen LogP contribution in [0.5, 0.6) is 0 Å². The zero-order chi connectivity index (χ0) is 27.7. The first-order valence-electron chi connectivity index (χ1n) is 13.5. The Morgan fingerprint density at radius 3 is 2.87 bits per heavy atom. The number of aliphatic hydroxyl groups excluding tert-OH is 1. The van der Waals surface area contributed by atoms with Crippen LogP contribution in [0.4, 0.5) is 0 Å². The van der Waals surface area contributed by atoms with Gasteiger partial charge in [0, 0.05) is 29.8 Å². The second-order valence-electron chi connectivity index (χ2n) is 10.3. The number of benzene rings is 1. The highest BCUT2D eigenvalue weighted by Crippen LogP contribution is 2.68. The van der Waals surface area contributed by atoms with Gasteiger partial charge in [0.05, 0.1) is 28.7 Å². The summed E-state index contributed by atoms with van der Waals surface area (Å²) < 4.78 is 6.36. The van der Waals surface area contributed by atoms with Crippen molar-refractivity contribution in [3.63, 3.8) is 0 Å². The highest BCUT2D eigenvalue weighted by Gasteiger charge is 2.76. The fourth-order valence-electron chi connectivity index (χ4n) is 6.46. The van der Waals surface area contributed by atoms with Crippen LogP contribution in [0.15, 0.2) is 36.9 Å². The predicted octanol–water partition coefficient (Wildman–Crippen LogP) is 2.59. The van der Waals surface area contributed by atoms with Crippen molar-refractivity contribution in [2.75, 3.05) is 26.3 Å². The Morgan fingerprint density at radius 2 is 2.13 bits per heavy atom. The number of aliphatic hydroxyl groups is 1. The Balaban J connectivity index is 1.51. The van der Waals surface area contributed by atoms with Crippen molar-refractivity contribution >= 4 is 56.5 Å². The van der Waals surface area contributed by atoms with Gasteiger partial charge in [0.15, 0.2) is 0 Å². The van der Waals surface area contributed by atoms with Crippen LogP contribution in [0.25, 0.3) is 11.0 Å². The summed E-state index contributed by atoms with van der Waals surface area (Å²) in [5.41, 5.74) is 1.53. The molecule has 10 nitrogen and oxygen atoms in total. The molecule has 1 aromatic carbocycles. The fourth-order valence-corrected chi connectivity index (χ4v) is 10.1. The number of amides is 2. The van der Waals surface area contributed by atoms with E-state index in [2.05, 4.69) is 32.8 Å². The molecule has 5 rings (SSSR count). The zero-order valence-corrected chi connectivity index (χ0v) is 24.3. The lowest BCUT2D eigenvalue weighted by atomic mass is 9.71. The number of carbonyl (C=O) groups excluding carboxylic acids is 3. The van der Waals surface area contributed by atoms with Crippen LogP contribution < -0.4 is 0 Å². The second kappa shape index (κ2) is 11.6. The first kappa shape index (κ1) is 28.1. The number of hydrogen-bond donors (Lipinski definition) is 1. The van der Waals surface area contributed by atoms with E-state index >= 15 is 0 Å². The van der Waals surface area contributed by atoms with E-state index in [-0.39, 0.29) is 54.3 Å². The number of alkyl halides is 1. The molecular formula is C27H34BrN5O5S. The normalized spacial score (nSPS) is 29.2. The average Bonchev–Trinajstić information content (AvgIpc) is 3.64. The van der Waals surface area contributed by atoms with Crippen molar-refractivity contribution < 1.29 is 24.2 Å². The molecule has 2 bridgehead atoms. The van der Waals surface area contributed by atoms with E-state index in [1.54, 1.807) is 39.2 Å². The number of likely N-dealkylation sites (tertiary alicyclic amines) is 1. The molecule has 2 aromatic rings. The molecule has 1 aromatic heterocycles. The quantitative estimate of drug-likeness (QED) is 0.167. The van der Waals surface area contributed by atoms with E-state index in [1.165, 1.54) is 0 Å². The lowest BCUT2D eigenvalue weighted by molar-refractivity contribution is -0.153. The van der Waals surface area contributed by atoms with E-state index in [1.807, 2.05) is 24.3 Å². The van der Waals surface area contributed by atoms with Gasteiger partial charge >= 0.3 is 5.97 Å². The molecule has 3 unspecified atom stereocenters. The van der Waals surface area contributed by atoms with Crippen LogP contribution in [-0.4, -0.2) is 94.9 Å². The number of rotatable bonds is 12. The van der Waals surface area contributed by atoms with E-state index in [0.29, 0.717) is 25.8 Å². The third-order valence-electron chi connectivity index (χ3n) is 8.03. The lowest BCUT2D eigenvalue weighted by Crippen LogP contribution is -2.55. The third kappa shape index (κ3) is 4.78. The fraction of sp³-hybridized carbons (Fsp3) is 0.593. The minimum Gasteiger partial charge on any atom is -0.466 e. The molecule has 0 saturated carbocycles. The number of para-hydroxylation sites is 1. The molecule has 2 amide bonds. The number of hydrogen-bond acceptors (Lipinski definition) is 8. The molecule has 3 fully saturated rings. The molecule has 0 aliphatic carbocycles. The van der Waals surface area contributed by atoms with Gasteiger partial charge in [0.25, 0.3) is 0 Å². The van der Waals surface area contributed by atoms with Crippen molar-refractivity contribution in [1.82, 2.24) is 24.8 Å². The molecule has 210 valence electrons. The summed E-state index contributed by atoms with van der Waals surface area (Å²) in [5.74, 6) is -1.94. The number of aromatic nitrogens is 3. The standard InChI is InChI=1S/C27H34BrN5O5S/c1-3-12-31(16-33-19-11-7-6-10-18(19)29-30-33)25(36)23-27-15-17(28)22(39-27)20(26(37)38-4-2)21(27)24(35)32(23)13-8-5-9-14-34/h3,6-7,10-11,17,20-23,34H,1,4-5,8-9,12-16H2,2H3/t17?,20-,21-,22-,23?,27?/m0/s1. The Bertz CT molecular complexity index is 1260. The molecule has 3 saturated heterocycles. The third-order valence-corrected chi connectivity index (χ3v) is 11.2. The number of thioether (sulfide) groups is 1. The summed E-state index contributed by atoms with van der Waals surface area (Å²) >= 11 is 5.37. The molecule has 6 atom stereocenters. The van der Waals surface area contributed by atoms with Crippen molar-refractivity contribution in [1.29, 1.82) is 0 Å². The topological polar surface area (TPSA) is 118 Å². The Labute approximate surface area is 240 Å². The van der Waals surface area contributed by atoms with Gasteiger partial charge in [-0.1, -0.05) is 39.4 Å². The first-order valence-corrected chi connectivity index (χ1v) is 15.2. The molecule has 12 heteroatoms. The number of esters is 1. The average molecular weight is 621 g/mol. The van der Waals surface area contributed by atoms with E-state index in [0.717, 1.165) is 17.5 Å². The maximum atomic E-state index is 14.5. The van der Waals surface area contributed by atoms with Gasteiger partial charge in [0.2, 0.25) is 11.8 Å². The van der Waals surface area contributed by atoms with Gasteiger partial charge in [-0.2, -0.15) is 0 Å². The smallest absolute Gasteiger partial charge is 0.310 e. The van der Waals surface area contributed by atoms with Crippen LogP contribution in [0.3, 0.4) is 0 Å². The van der Waals surface area contributed by atoms with Crippen molar-refractivity contribution in [2.45, 2.75) is 60.1 Å². The predicted molar refractivity (Wildman–Crippen MR) is 151 cm³/mol. The Hall–Kier alpha value is -2.44. The van der Waals surface area contributed by atoms with E-state index in [9.17, 15) is 19.5 Å². The molecule has 39 heavy (non-hydrogen) atoms. The summed E-state index contributed by atoms with van der Waals surface area (Å²) in [6, 6.07) is 6.81. The summed E-state index contributed by atoms with van der Waals surface area (Å²) in [5, 5.41) is 17.6. The number of halogens is 1. The van der Waals surface area contributed by atoms with E-state index < -0.39 is 22.6 Å². The first-order chi connectivity index (χ1) is 18.9. The van der Waals surface area contributed by atoms with Crippen molar-refractivity contribution in [3.8, 4) is 0 Å². The number of carbonyl (C=O) groups is 3. The molecule has 1 N–H and O–H groups in total. The SMILES string of the molecule is C=CCN(Cn1nnc2ccccc21)C(=O)C1N(CCCCCO)C(=O)[C@@H]2[C@H](C(=O)OCC)[C@H]3SC12CC3Br. The summed E-state index contributed by atoms with van der Waals surface area (Å²) in [6.07, 6.45) is 4.29. The zero-order valence-electron chi connectivity index (χ0n) is 21.9. The largest absolute Gasteiger partial charge is 0.466 e. The maximum Gasteiger partial charge on any atom is 0.310 e. The van der Waals surface area contributed by atoms with Crippen LogP contribution in [0.2, 0.25) is 0 Å². The lowest BCUT2D eigenvalue weighted by Gasteiger charge is -2.37. The van der Waals surface area contributed by atoms with Gasteiger partial charge in [-0.05, 0) is 44.7 Å². The highest BCUT2D eigenvalue weighted by atomic mass is 79.9. The molecular weight excluding hydrogens is 586 g/mol. The molecule has 0 radical (unpaired) electrons. The van der Waals surface area contributed by atoms with E-state index in [4.69, 9.17) is 4.74 Å². The second-order valence-corrected chi connectivity index (χ2v) is 13.0. The molecule has 3 aliphatic heterocycles. The molecule has 4 heterocycles. The number of fused-ring (bicyclic) bond motifs is 2. The van der Waals surface area contributed by atoms with Crippen molar-refractivity contribution in [3.05, 3.63) is 36.9 Å². The van der Waals surface area contributed by atoms with Gasteiger partial charge in [-0.25, -0.2) is 4.68 Å². The number of unbranched alkanes of at least 4 members (excludes halogenated alkanes) is 2. The van der Waals surface area contributed by atoms with Crippen molar-refractivity contribution in [2.24, 2.45) is 11.8 Å². The van der Waals surface area contributed by atoms with Gasteiger partial charge in [-0.3, -0.25) is 14.4 Å². The highest BCUT2D eigenvalue weighted by molar-refractivity contribution is 9.09. The van der Waals surface area contributed by atoms with Gasteiger partial charge in [0.1, 0.15) is 18.2 Å². The monoisotopic (exact) mass is 619 g/mol. The minimum atomic E-state index is -0.745. The molecule has 3 aliphatic rings. The van der Waals surface area contributed by atoms with Gasteiger partial charge < -0.3 is 19.6 Å². The van der Waals surface area contributed by atoms with Gasteiger partial charge in [-0.15, -0.1) is 23.4 Å². The minimum absolute atomic E-state index is 0.0160. The Morgan fingerprint density at radius 1 is 1.33 bits per heavy atom. The van der Waals surface area contributed by atoms with Crippen LogP contribution in [0.1, 0.15) is 32.6 Å². The van der Waals surface area contributed by atoms with Crippen LogP contribution in [0, 0.1) is 11.8 Å². The molecule has 1 spiro atoms. The summed E-state index contributed by atoms with van der Waals surface area (Å²) in [7, 11) is 0. The Kier molecular flexibility index (Phi) is 8.34. The number of ether oxygens (including phenoxy) is 1. The maximum absolute atomic E-state index is 14.5. The van der Waals surface area contributed by atoms with Crippen LogP contribution in [-0.2, 0) is 25.8 Å². The summed E-state index contributed by atoms with van der Waals surface area (Å²) in [4.78, 5) is 45.1. The number of nitrogens with zero attached hydrogens (tertiary/aromatic N) is 5.